The lowest BCUT2D eigenvalue weighted by molar-refractivity contribution is -0.168. The normalized spacial score (nSPS) is 26.1. The summed E-state index contributed by atoms with van der Waals surface area (Å²) in [5.74, 6) is -0.0945. The molecule has 1 aromatic rings. The molecule has 6 nitrogen and oxygen atoms in total. The van der Waals surface area contributed by atoms with Crippen molar-refractivity contribution < 1.29 is 14.3 Å². The van der Waals surface area contributed by atoms with Gasteiger partial charge in [0.05, 0.1) is 6.04 Å². The maximum atomic E-state index is 13.1. The summed E-state index contributed by atoms with van der Waals surface area (Å²) in [7, 11) is 0. The van der Waals surface area contributed by atoms with Gasteiger partial charge in [-0.3, -0.25) is 9.59 Å². The van der Waals surface area contributed by atoms with Gasteiger partial charge in [-0.1, -0.05) is 49.6 Å². The van der Waals surface area contributed by atoms with E-state index in [-0.39, 0.29) is 30.5 Å². The van der Waals surface area contributed by atoms with Crippen molar-refractivity contribution in [2.75, 3.05) is 32.8 Å². The molecule has 2 amide bonds. The van der Waals surface area contributed by atoms with Crippen molar-refractivity contribution >= 4 is 11.8 Å². The largest absolute Gasteiger partial charge is 0.356 e. The van der Waals surface area contributed by atoms with E-state index in [4.69, 9.17) is 4.74 Å². The molecule has 2 aliphatic heterocycles. The first-order chi connectivity index (χ1) is 14.7. The fraction of sp³-hybridized carbons (Fsp3) is 0.667. The predicted molar refractivity (Wildman–Crippen MR) is 116 cm³/mol. The first-order valence-corrected chi connectivity index (χ1v) is 11.7. The average Bonchev–Trinajstić information content (AvgIpc) is 3.32. The van der Waals surface area contributed by atoms with E-state index in [0.717, 1.165) is 44.2 Å². The number of carbonyl (C=O) groups is 2. The standard InChI is InChI=1S/C24H35N3O3/c28-21-18-30-23(24(29)25-14-9-17-26-15-7-2-8-16-26)22(19-10-3-1-4-11-19)27(21)20-12-5-6-13-20/h1,3-4,10-11,20,22-23H,2,5-9,12-18H2,(H,25,29)/t22-,23+/m1/s1. The molecule has 0 radical (unpaired) electrons. The van der Waals surface area contributed by atoms with Crippen molar-refractivity contribution in [1.29, 1.82) is 0 Å². The van der Waals surface area contributed by atoms with Crippen LogP contribution >= 0.6 is 0 Å². The van der Waals surface area contributed by atoms with E-state index in [1.54, 1.807) is 0 Å². The average molecular weight is 414 g/mol. The molecule has 2 atom stereocenters. The minimum atomic E-state index is -0.652. The van der Waals surface area contributed by atoms with Crippen molar-refractivity contribution in [1.82, 2.24) is 15.1 Å². The number of carbonyl (C=O) groups excluding carboxylic acids is 2. The number of hydrogen-bond donors (Lipinski definition) is 1. The summed E-state index contributed by atoms with van der Waals surface area (Å²) < 4.78 is 5.84. The van der Waals surface area contributed by atoms with Gasteiger partial charge in [-0.15, -0.1) is 0 Å². The molecule has 3 fully saturated rings. The van der Waals surface area contributed by atoms with Gasteiger partial charge in [0.1, 0.15) is 6.61 Å². The number of hydrogen-bond acceptors (Lipinski definition) is 4. The van der Waals surface area contributed by atoms with Gasteiger partial charge in [0.2, 0.25) is 5.91 Å². The first kappa shape index (κ1) is 21.3. The summed E-state index contributed by atoms with van der Waals surface area (Å²) in [4.78, 5) is 30.4. The smallest absolute Gasteiger partial charge is 0.251 e. The van der Waals surface area contributed by atoms with Gasteiger partial charge in [0.25, 0.3) is 5.91 Å². The molecular formula is C24H35N3O3. The molecule has 1 N–H and O–H groups in total. The van der Waals surface area contributed by atoms with E-state index < -0.39 is 6.10 Å². The van der Waals surface area contributed by atoms with Gasteiger partial charge >= 0.3 is 0 Å². The summed E-state index contributed by atoms with van der Waals surface area (Å²) in [6.45, 7) is 4.02. The third-order valence-electron chi connectivity index (χ3n) is 6.78. The van der Waals surface area contributed by atoms with Crippen molar-refractivity contribution in [3.63, 3.8) is 0 Å². The summed E-state index contributed by atoms with van der Waals surface area (Å²) in [5.41, 5.74) is 0.978. The quantitative estimate of drug-likeness (QED) is 0.699. The Labute approximate surface area is 179 Å². The Bertz CT molecular complexity index is 699. The van der Waals surface area contributed by atoms with Crippen molar-refractivity contribution in [2.45, 2.75) is 69.6 Å². The van der Waals surface area contributed by atoms with E-state index in [1.807, 2.05) is 35.2 Å². The summed E-state index contributed by atoms with van der Waals surface area (Å²) >= 11 is 0. The third kappa shape index (κ3) is 5.03. The van der Waals surface area contributed by atoms with Gasteiger partial charge in [0.15, 0.2) is 6.10 Å². The topological polar surface area (TPSA) is 61.9 Å². The molecule has 30 heavy (non-hydrogen) atoms. The molecule has 0 bridgehead atoms. The molecule has 0 unspecified atom stereocenters. The number of morpholine rings is 1. The van der Waals surface area contributed by atoms with Gasteiger partial charge in [-0.25, -0.2) is 0 Å². The number of likely N-dealkylation sites (tertiary alicyclic amines) is 1. The van der Waals surface area contributed by atoms with E-state index in [2.05, 4.69) is 10.2 Å². The van der Waals surface area contributed by atoms with Crippen LogP contribution in [0.3, 0.4) is 0 Å². The van der Waals surface area contributed by atoms with Crippen LogP contribution in [0, 0.1) is 0 Å². The number of amides is 2. The third-order valence-corrected chi connectivity index (χ3v) is 6.78. The van der Waals surface area contributed by atoms with Crippen molar-refractivity contribution in [3.8, 4) is 0 Å². The summed E-state index contributed by atoms with van der Waals surface area (Å²) in [5, 5.41) is 3.09. The highest BCUT2D eigenvalue weighted by molar-refractivity contribution is 5.86. The fourth-order valence-electron chi connectivity index (χ4n) is 5.24. The highest BCUT2D eigenvalue weighted by atomic mass is 16.5. The van der Waals surface area contributed by atoms with Gasteiger partial charge < -0.3 is 19.9 Å². The second kappa shape index (κ2) is 10.4. The van der Waals surface area contributed by atoms with E-state index in [0.29, 0.717) is 6.54 Å². The van der Waals surface area contributed by atoms with Crippen LogP contribution in [0.5, 0.6) is 0 Å². The number of ether oxygens (including phenoxy) is 1. The van der Waals surface area contributed by atoms with Crippen molar-refractivity contribution in [2.24, 2.45) is 0 Å². The molecule has 164 valence electrons. The van der Waals surface area contributed by atoms with Crippen LogP contribution in [0.2, 0.25) is 0 Å². The van der Waals surface area contributed by atoms with Crippen LogP contribution in [0.15, 0.2) is 30.3 Å². The molecule has 1 aromatic carbocycles. The lowest BCUT2D eigenvalue weighted by Crippen LogP contribution is -2.57. The Morgan fingerprint density at radius 2 is 1.77 bits per heavy atom. The maximum absolute atomic E-state index is 13.1. The highest BCUT2D eigenvalue weighted by Crippen LogP contribution is 2.36. The molecule has 6 heteroatoms. The van der Waals surface area contributed by atoms with Crippen molar-refractivity contribution in [3.05, 3.63) is 35.9 Å². The number of rotatable bonds is 7. The second-order valence-corrected chi connectivity index (χ2v) is 8.87. The predicted octanol–water partition coefficient (Wildman–Crippen LogP) is 2.89. The molecule has 2 saturated heterocycles. The number of benzene rings is 1. The molecule has 3 aliphatic rings. The van der Waals surface area contributed by atoms with Crippen LogP contribution in [0.4, 0.5) is 0 Å². The lowest BCUT2D eigenvalue weighted by atomic mass is 9.95. The van der Waals surface area contributed by atoms with Crippen LogP contribution in [-0.4, -0.2) is 66.5 Å². The van der Waals surface area contributed by atoms with E-state index in [9.17, 15) is 9.59 Å². The molecule has 0 aromatic heterocycles. The lowest BCUT2D eigenvalue weighted by Gasteiger charge is -2.43. The molecular weight excluding hydrogens is 378 g/mol. The van der Waals surface area contributed by atoms with E-state index in [1.165, 1.54) is 32.4 Å². The zero-order valence-corrected chi connectivity index (χ0v) is 17.9. The SMILES string of the molecule is O=C(NCCCN1CCCCC1)[C@H]1OCC(=O)N(C2CCCC2)[C@@H]1c1ccccc1. The first-order valence-electron chi connectivity index (χ1n) is 11.7. The number of piperidine rings is 1. The Kier molecular flexibility index (Phi) is 7.39. The molecule has 2 heterocycles. The highest BCUT2D eigenvalue weighted by Gasteiger charge is 2.44. The Hall–Kier alpha value is -1.92. The Morgan fingerprint density at radius 3 is 2.50 bits per heavy atom. The minimum Gasteiger partial charge on any atom is -0.356 e. The van der Waals surface area contributed by atoms with Gasteiger partial charge in [-0.2, -0.15) is 0 Å². The van der Waals surface area contributed by atoms with E-state index >= 15 is 0 Å². The zero-order valence-electron chi connectivity index (χ0n) is 17.9. The van der Waals surface area contributed by atoms with Crippen LogP contribution in [0.1, 0.15) is 63.0 Å². The monoisotopic (exact) mass is 413 g/mol. The minimum absolute atomic E-state index is 0.00454. The molecule has 4 rings (SSSR count). The second-order valence-electron chi connectivity index (χ2n) is 8.87. The Balaban J connectivity index is 1.41. The van der Waals surface area contributed by atoms with Crippen LogP contribution in [0.25, 0.3) is 0 Å². The van der Waals surface area contributed by atoms with Gasteiger partial charge in [0, 0.05) is 12.6 Å². The Morgan fingerprint density at radius 1 is 1.03 bits per heavy atom. The van der Waals surface area contributed by atoms with Crippen LogP contribution < -0.4 is 5.32 Å². The molecule has 1 aliphatic carbocycles. The fourth-order valence-corrected chi connectivity index (χ4v) is 5.24. The molecule has 1 saturated carbocycles. The van der Waals surface area contributed by atoms with Crippen LogP contribution in [-0.2, 0) is 14.3 Å². The summed E-state index contributed by atoms with van der Waals surface area (Å²) in [6, 6.07) is 9.77. The number of nitrogens with one attached hydrogen (secondary N) is 1. The van der Waals surface area contributed by atoms with Gasteiger partial charge in [-0.05, 0) is 57.3 Å². The zero-order chi connectivity index (χ0) is 20.8. The molecule has 0 spiro atoms. The maximum Gasteiger partial charge on any atom is 0.251 e. The number of nitrogens with zero attached hydrogens (tertiary/aromatic N) is 2. The summed E-state index contributed by atoms with van der Waals surface area (Å²) in [6.07, 6.45) is 8.51.